The summed E-state index contributed by atoms with van der Waals surface area (Å²) in [6.45, 7) is 3.02. The number of imidazole rings is 1. The Balaban J connectivity index is 1.68. The van der Waals surface area contributed by atoms with Crippen LogP contribution >= 0.6 is 0 Å². The summed E-state index contributed by atoms with van der Waals surface area (Å²) >= 11 is 0. The van der Waals surface area contributed by atoms with E-state index in [1.54, 1.807) is 19.6 Å². The van der Waals surface area contributed by atoms with Gasteiger partial charge in [-0.1, -0.05) is 12.1 Å². The van der Waals surface area contributed by atoms with Gasteiger partial charge >= 0.3 is 0 Å². The number of rotatable bonds is 5. The first-order valence-corrected chi connectivity index (χ1v) is 7.88. The Hall–Kier alpha value is -2.34. The summed E-state index contributed by atoms with van der Waals surface area (Å²) in [5.41, 5.74) is 1.13. The fourth-order valence-electron chi connectivity index (χ4n) is 2.91. The van der Waals surface area contributed by atoms with Gasteiger partial charge in [-0.25, -0.2) is 4.98 Å². The number of ether oxygens (including phenoxy) is 1. The van der Waals surface area contributed by atoms with Crippen molar-refractivity contribution >= 4 is 5.91 Å². The molecule has 1 aliphatic rings. The van der Waals surface area contributed by atoms with Crippen LogP contribution in [0.4, 0.5) is 0 Å². The van der Waals surface area contributed by atoms with E-state index in [0.29, 0.717) is 13.0 Å². The zero-order valence-corrected chi connectivity index (χ0v) is 13.3. The highest BCUT2D eigenvalue weighted by atomic mass is 16.5. The van der Waals surface area contributed by atoms with Crippen molar-refractivity contribution < 1.29 is 9.53 Å². The molecule has 0 bridgehead atoms. The van der Waals surface area contributed by atoms with Crippen LogP contribution < -0.4 is 10.1 Å². The standard InChI is InChI=1S/C17H22N4O2/c1-23-15-4-2-14(3-5-15)16-12-18-8-11-21(16)17(22)6-9-20-10-7-19-13-20/h2-5,7,10,13,16,18H,6,8-9,11-12H2,1H3/t16-/m1/s1. The average molecular weight is 314 g/mol. The molecule has 0 saturated carbocycles. The number of benzene rings is 1. The molecule has 2 heterocycles. The largest absolute Gasteiger partial charge is 0.497 e. The topological polar surface area (TPSA) is 59.4 Å². The number of aryl methyl sites for hydroxylation is 1. The van der Waals surface area contributed by atoms with Gasteiger partial charge in [0.1, 0.15) is 5.75 Å². The van der Waals surface area contributed by atoms with E-state index in [1.165, 1.54) is 0 Å². The number of hydrogen-bond acceptors (Lipinski definition) is 4. The molecule has 1 atom stereocenters. The van der Waals surface area contributed by atoms with Crippen LogP contribution in [0.1, 0.15) is 18.0 Å². The highest BCUT2D eigenvalue weighted by Gasteiger charge is 2.27. The Bertz CT molecular complexity index is 625. The fourth-order valence-corrected chi connectivity index (χ4v) is 2.91. The zero-order chi connectivity index (χ0) is 16.1. The van der Waals surface area contributed by atoms with Crippen molar-refractivity contribution in [1.29, 1.82) is 0 Å². The molecular formula is C17H22N4O2. The number of hydrogen-bond donors (Lipinski definition) is 1. The van der Waals surface area contributed by atoms with E-state index < -0.39 is 0 Å². The smallest absolute Gasteiger partial charge is 0.224 e. The molecule has 3 rings (SSSR count). The number of carbonyl (C=O) groups excluding carboxylic acids is 1. The maximum Gasteiger partial charge on any atom is 0.224 e. The summed E-state index contributed by atoms with van der Waals surface area (Å²) in [6, 6.07) is 8.03. The normalized spacial score (nSPS) is 18.0. The van der Waals surface area contributed by atoms with Crippen molar-refractivity contribution in [3.05, 3.63) is 48.5 Å². The maximum absolute atomic E-state index is 12.6. The Morgan fingerprint density at radius 2 is 2.22 bits per heavy atom. The molecule has 23 heavy (non-hydrogen) atoms. The third kappa shape index (κ3) is 3.71. The molecule has 1 N–H and O–H groups in total. The molecule has 0 spiro atoms. The maximum atomic E-state index is 12.6. The van der Waals surface area contributed by atoms with Crippen LogP contribution in [0.2, 0.25) is 0 Å². The molecule has 2 aromatic rings. The van der Waals surface area contributed by atoms with Crippen LogP contribution in [0.25, 0.3) is 0 Å². The van der Waals surface area contributed by atoms with E-state index in [-0.39, 0.29) is 11.9 Å². The van der Waals surface area contributed by atoms with Crippen molar-refractivity contribution in [2.75, 3.05) is 26.7 Å². The van der Waals surface area contributed by atoms with Gasteiger partial charge in [0.05, 0.1) is 19.5 Å². The monoisotopic (exact) mass is 314 g/mol. The molecule has 6 nitrogen and oxygen atoms in total. The molecule has 0 unspecified atom stereocenters. The lowest BCUT2D eigenvalue weighted by Crippen LogP contribution is -2.48. The number of nitrogens with one attached hydrogen (secondary N) is 1. The lowest BCUT2D eigenvalue weighted by molar-refractivity contribution is -0.134. The number of carbonyl (C=O) groups is 1. The minimum Gasteiger partial charge on any atom is -0.497 e. The third-order valence-corrected chi connectivity index (χ3v) is 4.21. The SMILES string of the molecule is COc1ccc([C@H]2CNCCN2C(=O)CCn2ccnc2)cc1. The van der Waals surface area contributed by atoms with Crippen molar-refractivity contribution in [1.82, 2.24) is 19.8 Å². The van der Waals surface area contributed by atoms with Crippen molar-refractivity contribution in [2.24, 2.45) is 0 Å². The summed E-state index contributed by atoms with van der Waals surface area (Å²) in [6.07, 6.45) is 5.84. The minimum absolute atomic E-state index is 0.0740. The quantitative estimate of drug-likeness (QED) is 0.907. The van der Waals surface area contributed by atoms with Gasteiger partial charge in [0, 0.05) is 45.0 Å². The first-order valence-electron chi connectivity index (χ1n) is 7.88. The molecular weight excluding hydrogens is 292 g/mol. The first kappa shape index (κ1) is 15.6. The van der Waals surface area contributed by atoms with E-state index >= 15 is 0 Å². The second-order valence-corrected chi connectivity index (χ2v) is 5.63. The second-order valence-electron chi connectivity index (χ2n) is 5.63. The number of methoxy groups -OCH3 is 1. The van der Waals surface area contributed by atoms with Gasteiger partial charge in [0.2, 0.25) is 5.91 Å². The van der Waals surface area contributed by atoms with E-state index in [9.17, 15) is 4.79 Å². The highest BCUT2D eigenvalue weighted by molar-refractivity contribution is 5.76. The second kappa shape index (κ2) is 7.28. The van der Waals surface area contributed by atoms with Crippen LogP contribution in [0.5, 0.6) is 5.75 Å². The van der Waals surface area contributed by atoms with Gasteiger partial charge in [-0.2, -0.15) is 0 Å². The van der Waals surface area contributed by atoms with Gasteiger partial charge in [0.25, 0.3) is 0 Å². The molecule has 1 amide bonds. The van der Waals surface area contributed by atoms with E-state index in [0.717, 1.165) is 30.9 Å². The molecule has 6 heteroatoms. The van der Waals surface area contributed by atoms with Gasteiger partial charge in [-0.3, -0.25) is 4.79 Å². The van der Waals surface area contributed by atoms with Crippen LogP contribution in [-0.4, -0.2) is 47.1 Å². The van der Waals surface area contributed by atoms with E-state index in [1.807, 2.05) is 39.9 Å². The van der Waals surface area contributed by atoms with Gasteiger partial charge < -0.3 is 19.5 Å². The molecule has 122 valence electrons. The molecule has 0 radical (unpaired) electrons. The van der Waals surface area contributed by atoms with E-state index in [2.05, 4.69) is 10.3 Å². The van der Waals surface area contributed by atoms with Crippen LogP contribution in [-0.2, 0) is 11.3 Å². The highest BCUT2D eigenvalue weighted by Crippen LogP contribution is 2.25. The number of aromatic nitrogens is 2. The summed E-state index contributed by atoms with van der Waals surface area (Å²) < 4.78 is 7.14. The van der Waals surface area contributed by atoms with Gasteiger partial charge in [-0.05, 0) is 17.7 Å². The van der Waals surface area contributed by atoms with Crippen LogP contribution in [0.15, 0.2) is 43.0 Å². The molecule has 1 aromatic heterocycles. The summed E-state index contributed by atoms with van der Waals surface area (Å²) in [4.78, 5) is 18.6. The molecule has 1 aliphatic heterocycles. The molecule has 0 aliphatic carbocycles. The number of nitrogens with zero attached hydrogens (tertiary/aromatic N) is 3. The summed E-state index contributed by atoms with van der Waals surface area (Å²) in [5, 5.41) is 3.38. The zero-order valence-electron chi connectivity index (χ0n) is 13.3. The third-order valence-electron chi connectivity index (χ3n) is 4.21. The Morgan fingerprint density at radius 3 is 2.91 bits per heavy atom. The fraction of sp³-hybridized carbons (Fsp3) is 0.412. The van der Waals surface area contributed by atoms with Crippen molar-refractivity contribution in [3.63, 3.8) is 0 Å². The van der Waals surface area contributed by atoms with Crippen LogP contribution in [0.3, 0.4) is 0 Å². The molecule has 1 saturated heterocycles. The number of amides is 1. The Kier molecular flexibility index (Phi) is 4.92. The summed E-state index contributed by atoms with van der Waals surface area (Å²) in [7, 11) is 1.66. The Labute approximate surface area is 136 Å². The van der Waals surface area contributed by atoms with E-state index in [4.69, 9.17) is 4.74 Å². The summed E-state index contributed by atoms with van der Waals surface area (Å²) in [5.74, 6) is 1.01. The number of piperazine rings is 1. The average Bonchev–Trinajstić information content (AvgIpc) is 3.13. The Morgan fingerprint density at radius 1 is 1.39 bits per heavy atom. The minimum atomic E-state index is 0.0740. The predicted octanol–water partition coefficient (Wildman–Crippen LogP) is 1.45. The lowest BCUT2D eigenvalue weighted by Gasteiger charge is -2.36. The molecule has 1 fully saturated rings. The predicted molar refractivity (Wildman–Crippen MR) is 87.2 cm³/mol. The lowest BCUT2D eigenvalue weighted by atomic mass is 10.0. The van der Waals surface area contributed by atoms with Crippen molar-refractivity contribution in [3.8, 4) is 5.75 Å². The molecule has 1 aromatic carbocycles. The van der Waals surface area contributed by atoms with Gasteiger partial charge in [0.15, 0.2) is 0 Å². The van der Waals surface area contributed by atoms with Crippen molar-refractivity contribution in [2.45, 2.75) is 19.0 Å². The van der Waals surface area contributed by atoms with Gasteiger partial charge in [-0.15, -0.1) is 0 Å². The first-order chi connectivity index (χ1) is 11.3. The van der Waals surface area contributed by atoms with Crippen LogP contribution in [0, 0.1) is 0 Å².